The van der Waals surface area contributed by atoms with Gasteiger partial charge in [-0.2, -0.15) is 0 Å². The van der Waals surface area contributed by atoms with Crippen LogP contribution in [0.3, 0.4) is 0 Å². The van der Waals surface area contributed by atoms with Gasteiger partial charge >= 0.3 is 0 Å². The van der Waals surface area contributed by atoms with E-state index in [1.54, 1.807) is 0 Å². The third kappa shape index (κ3) is 5.38. The molecule has 0 saturated heterocycles. The van der Waals surface area contributed by atoms with Gasteiger partial charge in [0.05, 0.1) is 44.5 Å². The summed E-state index contributed by atoms with van der Waals surface area (Å²) in [6.07, 6.45) is 0. The van der Waals surface area contributed by atoms with Gasteiger partial charge in [0.15, 0.2) is 11.6 Å². The van der Waals surface area contributed by atoms with E-state index in [0.717, 1.165) is 56.1 Å². The van der Waals surface area contributed by atoms with E-state index in [1.165, 1.54) is 43.4 Å². The van der Waals surface area contributed by atoms with Crippen LogP contribution >= 0.6 is 0 Å². The quantitative estimate of drug-likeness (QED) is 0.175. The predicted octanol–water partition coefficient (Wildman–Crippen LogP) is 13.8. The topological polar surface area (TPSA) is 53.5 Å². The summed E-state index contributed by atoms with van der Waals surface area (Å²) in [5, 5.41) is 7.28. The van der Waals surface area contributed by atoms with Crippen LogP contribution in [-0.4, -0.2) is 28.7 Å². The number of hydrogen-bond donors (Lipinski definition) is 0. The standard InChI is InChI=1S/C55H40N6/c1-55(2,3)54-57-52(41-23-9-16-30-49(41)60-46-27-13-6-20-38(46)39-21-7-14-28-47(39)60)56-53(58-54)42-24-10-17-31-50(42)61-48-29-15-8-22-40(48)43-34-35(32-33-51(43)61)59-44-25-11-4-18-36(44)37-19-5-12-26-45(37)59/h4-34H,1-3H3. The van der Waals surface area contributed by atoms with Crippen LogP contribution in [-0.2, 0) is 5.41 Å². The molecule has 4 heterocycles. The number of hydrogen-bond acceptors (Lipinski definition) is 3. The van der Waals surface area contributed by atoms with Crippen LogP contribution in [0.1, 0.15) is 26.6 Å². The van der Waals surface area contributed by atoms with Crippen molar-refractivity contribution in [2.24, 2.45) is 0 Å². The molecule has 0 radical (unpaired) electrons. The number of fused-ring (bicyclic) bond motifs is 9. The monoisotopic (exact) mass is 784 g/mol. The van der Waals surface area contributed by atoms with E-state index in [4.69, 9.17) is 15.0 Å². The molecule has 6 nitrogen and oxygen atoms in total. The highest BCUT2D eigenvalue weighted by molar-refractivity contribution is 6.13. The van der Waals surface area contributed by atoms with Gasteiger partial charge in [0, 0.05) is 54.5 Å². The second-order valence-electron chi connectivity index (χ2n) is 16.9. The molecule has 0 saturated carbocycles. The summed E-state index contributed by atoms with van der Waals surface area (Å²) >= 11 is 0. The van der Waals surface area contributed by atoms with Crippen LogP contribution in [0.15, 0.2) is 188 Å². The third-order valence-electron chi connectivity index (χ3n) is 12.2. The second-order valence-corrected chi connectivity index (χ2v) is 16.9. The van der Waals surface area contributed by atoms with Gasteiger partial charge in [0.1, 0.15) is 5.82 Å². The Balaban J connectivity index is 1.07. The Morgan fingerprint density at radius 3 is 1.10 bits per heavy atom. The molecule has 0 spiro atoms. The van der Waals surface area contributed by atoms with Crippen molar-refractivity contribution < 1.29 is 0 Å². The Kier molecular flexibility index (Phi) is 7.69. The lowest BCUT2D eigenvalue weighted by molar-refractivity contribution is 0.543. The van der Waals surface area contributed by atoms with Gasteiger partial charge in [-0.25, -0.2) is 15.0 Å². The van der Waals surface area contributed by atoms with E-state index >= 15 is 0 Å². The molecule has 0 N–H and O–H groups in total. The first-order valence-electron chi connectivity index (χ1n) is 20.9. The molecule has 290 valence electrons. The summed E-state index contributed by atoms with van der Waals surface area (Å²) in [6, 6.07) is 67.2. The number of benzene rings is 8. The first kappa shape index (κ1) is 35.1. The Bertz CT molecular complexity index is 3600. The van der Waals surface area contributed by atoms with Gasteiger partial charge in [0.2, 0.25) is 0 Å². The van der Waals surface area contributed by atoms with Crippen molar-refractivity contribution >= 4 is 65.4 Å². The maximum Gasteiger partial charge on any atom is 0.165 e. The van der Waals surface area contributed by atoms with E-state index in [9.17, 15) is 0 Å². The molecule has 0 aliphatic heterocycles. The minimum absolute atomic E-state index is 0.348. The SMILES string of the molecule is CC(C)(C)c1nc(-c2ccccc2-n2c3ccccc3c3ccccc32)nc(-c2ccccc2-n2c3ccccc3c3cc(-n4c5ccccc5c5ccccc54)ccc32)n1. The van der Waals surface area contributed by atoms with Gasteiger partial charge in [-0.05, 0) is 72.8 Å². The van der Waals surface area contributed by atoms with E-state index < -0.39 is 0 Å². The van der Waals surface area contributed by atoms with Crippen LogP contribution in [0.25, 0.3) is 105 Å². The lowest BCUT2D eigenvalue weighted by atomic mass is 9.95. The molecule has 4 aromatic heterocycles. The average molecular weight is 785 g/mol. The van der Waals surface area contributed by atoms with Crippen LogP contribution in [0.2, 0.25) is 0 Å². The molecule has 8 aromatic carbocycles. The zero-order chi connectivity index (χ0) is 40.8. The van der Waals surface area contributed by atoms with Crippen molar-refractivity contribution in [3.8, 4) is 39.8 Å². The van der Waals surface area contributed by atoms with Crippen molar-refractivity contribution in [3.05, 3.63) is 194 Å². The van der Waals surface area contributed by atoms with Gasteiger partial charge < -0.3 is 13.7 Å². The Hall–Kier alpha value is -7.83. The Morgan fingerprint density at radius 2 is 0.672 bits per heavy atom. The number of para-hydroxylation sites is 7. The van der Waals surface area contributed by atoms with E-state index in [2.05, 4.69) is 223 Å². The fourth-order valence-corrected chi connectivity index (χ4v) is 9.41. The molecule has 12 aromatic rings. The van der Waals surface area contributed by atoms with Crippen molar-refractivity contribution in [2.75, 3.05) is 0 Å². The fourth-order valence-electron chi connectivity index (χ4n) is 9.41. The Morgan fingerprint density at radius 1 is 0.328 bits per heavy atom. The van der Waals surface area contributed by atoms with Crippen LogP contribution < -0.4 is 0 Å². The molecule has 6 heteroatoms. The molecule has 12 rings (SSSR count). The summed E-state index contributed by atoms with van der Waals surface area (Å²) in [7, 11) is 0. The van der Waals surface area contributed by atoms with Crippen molar-refractivity contribution in [1.29, 1.82) is 0 Å². The van der Waals surface area contributed by atoms with Crippen molar-refractivity contribution in [3.63, 3.8) is 0 Å². The molecular weight excluding hydrogens is 745 g/mol. The molecule has 0 aliphatic carbocycles. The first-order chi connectivity index (χ1) is 29.9. The van der Waals surface area contributed by atoms with E-state index in [1.807, 2.05) is 0 Å². The summed E-state index contributed by atoms with van der Waals surface area (Å²) < 4.78 is 7.11. The molecule has 0 unspecified atom stereocenters. The molecule has 0 amide bonds. The zero-order valence-electron chi connectivity index (χ0n) is 34.1. The average Bonchev–Trinajstić information content (AvgIpc) is 3.94. The maximum absolute atomic E-state index is 5.40. The zero-order valence-corrected chi connectivity index (χ0v) is 34.1. The smallest absolute Gasteiger partial charge is 0.165 e. The van der Waals surface area contributed by atoms with Crippen molar-refractivity contribution in [1.82, 2.24) is 28.7 Å². The van der Waals surface area contributed by atoms with Gasteiger partial charge in [-0.15, -0.1) is 0 Å². The highest BCUT2D eigenvalue weighted by atomic mass is 15.1. The molecule has 0 aliphatic rings. The fraction of sp³-hybridized carbons (Fsp3) is 0.0727. The van der Waals surface area contributed by atoms with E-state index in [-0.39, 0.29) is 5.41 Å². The molecule has 0 fully saturated rings. The van der Waals surface area contributed by atoms with Crippen LogP contribution in [0.5, 0.6) is 0 Å². The number of aromatic nitrogens is 6. The first-order valence-corrected chi connectivity index (χ1v) is 20.9. The summed E-state index contributed by atoms with van der Waals surface area (Å²) in [6.45, 7) is 6.51. The minimum Gasteiger partial charge on any atom is -0.309 e. The number of nitrogens with zero attached hydrogens (tertiary/aromatic N) is 6. The van der Waals surface area contributed by atoms with Crippen LogP contribution in [0, 0.1) is 0 Å². The molecule has 0 bridgehead atoms. The largest absolute Gasteiger partial charge is 0.309 e. The lowest BCUT2D eigenvalue weighted by Gasteiger charge is -2.20. The minimum atomic E-state index is -0.348. The summed E-state index contributed by atoms with van der Waals surface area (Å²) in [5.74, 6) is 2.01. The molecule has 0 atom stereocenters. The van der Waals surface area contributed by atoms with Gasteiger partial charge in [-0.3, -0.25) is 0 Å². The highest BCUT2D eigenvalue weighted by Crippen LogP contribution is 2.40. The molecular formula is C55H40N6. The maximum atomic E-state index is 5.40. The summed E-state index contributed by atoms with van der Waals surface area (Å²) in [5.41, 5.74) is 11.6. The van der Waals surface area contributed by atoms with Gasteiger partial charge in [0.25, 0.3) is 0 Å². The molecule has 61 heavy (non-hydrogen) atoms. The summed E-state index contributed by atoms with van der Waals surface area (Å²) in [4.78, 5) is 15.9. The highest BCUT2D eigenvalue weighted by Gasteiger charge is 2.25. The lowest BCUT2D eigenvalue weighted by Crippen LogP contribution is -2.18. The van der Waals surface area contributed by atoms with Crippen LogP contribution in [0.4, 0.5) is 0 Å². The normalized spacial score (nSPS) is 12.2. The van der Waals surface area contributed by atoms with E-state index in [0.29, 0.717) is 11.6 Å². The van der Waals surface area contributed by atoms with Gasteiger partial charge in [-0.1, -0.05) is 136 Å². The van der Waals surface area contributed by atoms with Crippen molar-refractivity contribution in [2.45, 2.75) is 26.2 Å². The second kappa shape index (κ2) is 13.3. The third-order valence-corrected chi connectivity index (χ3v) is 12.2. The predicted molar refractivity (Wildman–Crippen MR) is 252 cm³/mol. The number of rotatable bonds is 5. The Labute approximate surface area is 352 Å².